The second-order valence-electron chi connectivity index (χ2n) is 6.10. The van der Waals surface area contributed by atoms with E-state index in [1.54, 1.807) is 0 Å². The third-order valence-electron chi connectivity index (χ3n) is 4.31. The molecule has 4 unspecified atom stereocenters. The lowest BCUT2D eigenvalue weighted by molar-refractivity contribution is -0.138. The van der Waals surface area contributed by atoms with Gasteiger partial charge in [0.05, 0.1) is 12.7 Å². The summed E-state index contributed by atoms with van der Waals surface area (Å²) in [4.78, 5) is 2.58. The maximum absolute atomic E-state index is 5.82. The van der Waals surface area contributed by atoms with Gasteiger partial charge in [0.1, 0.15) is 0 Å². The fourth-order valence-electron chi connectivity index (χ4n) is 3.37. The van der Waals surface area contributed by atoms with Crippen LogP contribution in [0.4, 0.5) is 0 Å². The Morgan fingerprint density at radius 1 is 1.29 bits per heavy atom. The van der Waals surface area contributed by atoms with Crippen LogP contribution in [-0.4, -0.2) is 55.6 Å². The van der Waals surface area contributed by atoms with Crippen molar-refractivity contribution in [2.24, 2.45) is 5.92 Å². The first-order valence-electron chi connectivity index (χ1n) is 6.90. The van der Waals surface area contributed by atoms with Gasteiger partial charge in [0.25, 0.3) is 0 Å². The molecule has 3 aliphatic heterocycles. The van der Waals surface area contributed by atoms with Crippen LogP contribution in [0, 0.1) is 5.92 Å². The van der Waals surface area contributed by atoms with Crippen molar-refractivity contribution in [2.45, 2.75) is 44.6 Å². The number of rotatable bonds is 3. The highest BCUT2D eigenvalue weighted by molar-refractivity contribution is 4.91. The highest BCUT2D eigenvalue weighted by atomic mass is 16.7. The van der Waals surface area contributed by atoms with Crippen LogP contribution in [0.15, 0.2) is 0 Å². The van der Waals surface area contributed by atoms with Crippen molar-refractivity contribution < 1.29 is 9.47 Å². The van der Waals surface area contributed by atoms with Crippen molar-refractivity contribution in [1.29, 1.82) is 0 Å². The quantitative estimate of drug-likeness (QED) is 0.792. The molecule has 0 aromatic heterocycles. The molecular formula is C13H24N2O2. The fraction of sp³-hybridized carbons (Fsp3) is 1.00. The number of nitrogens with one attached hydrogen (secondary N) is 1. The number of ether oxygens (including phenoxy) is 2. The SMILES string of the molecule is CC1(C)OCC(CNC2CCN3CCC2C3)O1. The van der Waals surface area contributed by atoms with Crippen molar-refractivity contribution in [1.82, 2.24) is 10.2 Å². The molecule has 1 N–H and O–H groups in total. The number of nitrogens with zero attached hydrogens (tertiary/aromatic N) is 1. The summed E-state index contributed by atoms with van der Waals surface area (Å²) in [5.41, 5.74) is 0. The lowest BCUT2D eigenvalue weighted by Gasteiger charge is -2.31. The van der Waals surface area contributed by atoms with Gasteiger partial charge in [0.2, 0.25) is 0 Å². The summed E-state index contributed by atoms with van der Waals surface area (Å²) in [6.07, 6.45) is 2.89. The van der Waals surface area contributed by atoms with Crippen LogP contribution in [0.5, 0.6) is 0 Å². The second kappa shape index (κ2) is 4.50. The molecule has 3 fully saturated rings. The summed E-state index contributed by atoms with van der Waals surface area (Å²) in [7, 11) is 0. The first-order chi connectivity index (χ1) is 8.12. The van der Waals surface area contributed by atoms with Crippen molar-refractivity contribution in [2.75, 3.05) is 32.8 Å². The van der Waals surface area contributed by atoms with E-state index < -0.39 is 0 Å². The average Bonchev–Trinajstić information content (AvgIpc) is 2.82. The van der Waals surface area contributed by atoms with Gasteiger partial charge in [-0.2, -0.15) is 0 Å². The van der Waals surface area contributed by atoms with Gasteiger partial charge < -0.3 is 19.7 Å². The maximum atomic E-state index is 5.82. The molecule has 0 aliphatic carbocycles. The molecule has 3 heterocycles. The number of hydrogen-bond donors (Lipinski definition) is 1. The van der Waals surface area contributed by atoms with E-state index in [0.29, 0.717) is 6.04 Å². The molecule has 2 bridgehead atoms. The van der Waals surface area contributed by atoms with Gasteiger partial charge >= 0.3 is 0 Å². The molecule has 0 spiro atoms. The molecule has 3 aliphatic rings. The van der Waals surface area contributed by atoms with Crippen LogP contribution in [0.25, 0.3) is 0 Å². The third-order valence-corrected chi connectivity index (χ3v) is 4.31. The van der Waals surface area contributed by atoms with E-state index in [4.69, 9.17) is 9.47 Å². The zero-order valence-corrected chi connectivity index (χ0v) is 10.9. The molecule has 4 nitrogen and oxygen atoms in total. The predicted molar refractivity (Wildman–Crippen MR) is 65.9 cm³/mol. The van der Waals surface area contributed by atoms with Gasteiger partial charge in [-0.1, -0.05) is 0 Å². The molecule has 0 aromatic carbocycles. The van der Waals surface area contributed by atoms with Crippen LogP contribution in [-0.2, 0) is 9.47 Å². The summed E-state index contributed by atoms with van der Waals surface area (Å²) in [5.74, 6) is 0.474. The number of piperidine rings is 1. The smallest absolute Gasteiger partial charge is 0.163 e. The zero-order valence-electron chi connectivity index (χ0n) is 10.9. The van der Waals surface area contributed by atoms with Crippen LogP contribution < -0.4 is 5.32 Å². The lowest BCUT2D eigenvalue weighted by Crippen LogP contribution is -2.46. The molecule has 4 atom stereocenters. The summed E-state index contributed by atoms with van der Waals surface area (Å²) in [6.45, 7) is 9.50. The molecule has 4 heteroatoms. The summed E-state index contributed by atoms with van der Waals surface area (Å²) >= 11 is 0. The molecule has 3 rings (SSSR count). The van der Waals surface area contributed by atoms with Crippen molar-refractivity contribution in [3.8, 4) is 0 Å². The highest BCUT2D eigenvalue weighted by Crippen LogP contribution is 2.27. The van der Waals surface area contributed by atoms with E-state index in [9.17, 15) is 0 Å². The van der Waals surface area contributed by atoms with Crippen LogP contribution in [0.2, 0.25) is 0 Å². The summed E-state index contributed by atoms with van der Waals surface area (Å²) in [5, 5.41) is 3.70. The normalized spacial score (nSPS) is 44.1. The largest absolute Gasteiger partial charge is 0.348 e. The Hall–Kier alpha value is -0.160. The van der Waals surface area contributed by atoms with Gasteiger partial charge in [0, 0.05) is 19.1 Å². The van der Waals surface area contributed by atoms with Gasteiger partial charge in [-0.25, -0.2) is 0 Å². The monoisotopic (exact) mass is 240 g/mol. The van der Waals surface area contributed by atoms with E-state index >= 15 is 0 Å². The predicted octanol–water partition coefficient (Wildman–Crippen LogP) is 0.822. The fourth-order valence-corrected chi connectivity index (χ4v) is 3.37. The van der Waals surface area contributed by atoms with Gasteiger partial charge in [-0.3, -0.25) is 0 Å². The summed E-state index contributed by atoms with van der Waals surface area (Å²) < 4.78 is 11.4. The Balaban J connectivity index is 1.45. The average molecular weight is 240 g/mol. The maximum Gasteiger partial charge on any atom is 0.163 e. The Labute approximate surface area is 104 Å². The molecule has 0 radical (unpaired) electrons. The number of fused-ring (bicyclic) bond motifs is 2. The first-order valence-corrected chi connectivity index (χ1v) is 6.90. The second-order valence-corrected chi connectivity index (χ2v) is 6.10. The topological polar surface area (TPSA) is 33.7 Å². The van der Waals surface area contributed by atoms with E-state index in [0.717, 1.165) is 19.1 Å². The minimum atomic E-state index is -0.386. The first kappa shape index (κ1) is 11.9. The molecule has 0 saturated carbocycles. The molecule has 17 heavy (non-hydrogen) atoms. The Bertz CT molecular complexity index is 283. The van der Waals surface area contributed by atoms with E-state index in [1.807, 2.05) is 13.8 Å². The van der Waals surface area contributed by atoms with Crippen LogP contribution in [0.1, 0.15) is 26.7 Å². The highest BCUT2D eigenvalue weighted by Gasteiger charge is 2.36. The Morgan fingerprint density at radius 2 is 2.12 bits per heavy atom. The lowest BCUT2D eigenvalue weighted by atomic mass is 9.94. The third kappa shape index (κ3) is 2.65. The Kier molecular flexibility index (Phi) is 3.15. The molecule has 0 aromatic rings. The molecule has 98 valence electrons. The minimum Gasteiger partial charge on any atom is -0.348 e. The Morgan fingerprint density at radius 3 is 2.88 bits per heavy atom. The molecular weight excluding hydrogens is 216 g/mol. The number of hydrogen-bond acceptors (Lipinski definition) is 4. The van der Waals surface area contributed by atoms with Crippen molar-refractivity contribution in [3.63, 3.8) is 0 Å². The molecule has 0 amide bonds. The standard InChI is InChI=1S/C13H24N2O2/c1-13(2)16-9-11(17-13)7-14-12-4-6-15-5-3-10(12)8-15/h10-12,14H,3-9H2,1-2H3. The van der Waals surface area contributed by atoms with E-state index in [2.05, 4.69) is 10.2 Å². The van der Waals surface area contributed by atoms with Crippen LogP contribution >= 0.6 is 0 Å². The van der Waals surface area contributed by atoms with Gasteiger partial charge in [-0.15, -0.1) is 0 Å². The van der Waals surface area contributed by atoms with Crippen LogP contribution in [0.3, 0.4) is 0 Å². The van der Waals surface area contributed by atoms with E-state index in [1.165, 1.54) is 32.5 Å². The molecule has 3 saturated heterocycles. The van der Waals surface area contributed by atoms with Gasteiger partial charge in [0.15, 0.2) is 5.79 Å². The zero-order chi connectivity index (χ0) is 11.9. The summed E-state index contributed by atoms with van der Waals surface area (Å²) in [6, 6.07) is 0.695. The van der Waals surface area contributed by atoms with E-state index in [-0.39, 0.29) is 11.9 Å². The minimum absolute atomic E-state index is 0.226. The van der Waals surface area contributed by atoms with Gasteiger partial charge in [-0.05, 0) is 45.7 Å². The van der Waals surface area contributed by atoms with Crippen molar-refractivity contribution in [3.05, 3.63) is 0 Å². The van der Waals surface area contributed by atoms with Crippen molar-refractivity contribution >= 4 is 0 Å².